The molecular formula is C38H30O2Si. The van der Waals surface area contributed by atoms with Crippen molar-refractivity contribution in [2.75, 3.05) is 14.2 Å². The SMILES string of the molecule is COc1ccc(-c2ccc3c(c2)-c2cc(-c4ccc(OC)cc4)ccc2[Si]3(c2ccccc2)c2ccccc2)cc1. The van der Waals surface area contributed by atoms with E-state index >= 15 is 0 Å². The van der Waals surface area contributed by atoms with Crippen LogP contribution in [0.5, 0.6) is 11.5 Å². The van der Waals surface area contributed by atoms with Gasteiger partial charge in [-0.25, -0.2) is 0 Å². The summed E-state index contributed by atoms with van der Waals surface area (Å²) in [6.07, 6.45) is 0. The quantitative estimate of drug-likeness (QED) is 0.225. The summed E-state index contributed by atoms with van der Waals surface area (Å²) in [6, 6.07) is 53.2. The van der Waals surface area contributed by atoms with Crippen molar-refractivity contribution in [1.82, 2.24) is 0 Å². The van der Waals surface area contributed by atoms with E-state index in [0.29, 0.717) is 0 Å². The van der Waals surface area contributed by atoms with Gasteiger partial charge < -0.3 is 9.47 Å². The molecule has 2 nitrogen and oxygen atoms in total. The molecule has 0 N–H and O–H groups in total. The van der Waals surface area contributed by atoms with E-state index in [-0.39, 0.29) is 0 Å². The molecule has 7 rings (SSSR count). The molecule has 3 heteroatoms. The maximum Gasteiger partial charge on any atom is 0.180 e. The molecule has 0 atom stereocenters. The maximum atomic E-state index is 5.42. The van der Waals surface area contributed by atoms with Crippen molar-refractivity contribution in [2.24, 2.45) is 0 Å². The highest BCUT2D eigenvalue weighted by Gasteiger charge is 2.48. The van der Waals surface area contributed by atoms with Crippen LogP contribution in [0.25, 0.3) is 33.4 Å². The van der Waals surface area contributed by atoms with Gasteiger partial charge in [0.05, 0.1) is 14.2 Å². The number of benzene rings is 6. The van der Waals surface area contributed by atoms with Gasteiger partial charge in [0.2, 0.25) is 0 Å². The Labute approximate surface area is 242 Å². The summed E-state index contributed by atoms with van der Waals surface area (Å²) >= 11 is 0. The van der Waals surface area contributed by atoms with Crippen molar-refractivity contribution in [1.29, 1.82) is 0 Å². The lowest BCUT2D eigenvalue weighted by molar-refractivity contribution is 0.415. The molecule has 0 aromatic heterocycles. The zero-order valence-electron chi connectivity index (χ0n) is 23.2. The molecule has 41 heavy (non-hydrogen) atoms. The Bertz CT molecular complexity index is 1690. The summed E-state index contributed by atoms with van der Waals surface area (Å²) in [5, 5.41) is 5.68. The van der Waals surface area contributed by atoms with Crippen LogP contribution < -0.4 is 30.2 Å². The van der Waals surface area contributed by atoms with Crippen LogP contribution in [0.3, 0.4) is 0 Å². The van der Waals surface area contributed by atoms with Crippen LogP contribution in [0, 0.1) is 0 Å². The van der Waals surface area contributed by atoms with E-state index in [1.54, 1.807) is 14.2 Å². The van der Waals surface area contributed by atoms with E-state index in [9.17, 15) is 0 Å². The Morgan fingerprint density at radius 3 is 1.12 bits per heavy atom. The normalized spacial score (nSPS) is 12.8. The lowest BCUT2D eigenvalue weighted by atomic mass is 9.96. The highest BCUT2D eigenvalue weighted by atomic mass is 28.3. The second-order valence-corrected chi connectivity index (χ2v) is 14.2. The van der Waals surface area contributed by atoms with Crippen molar-refractivity contribution in [3.8, 4) is 44.9 Å². The smallest absolute Gasteiger partial charge is 0.180 e. The second kappa shape index (κ2) is 10.3. The van der Waals surface area contributed by atoms with Crippen LogP contribution in [0.15, 0.2) is 146 Å². The van der Waals surface area contributed by atoms with Crippen molar-refractivity contribution in [3.05, 3.63) is 146 Å². The monoisotopic (exact) mass is 546 g/mol. The first-order valence-corrected chi connectivity index (χ1v) is 15.9. The van der Waals surface area contributed by atoms with E-state index in [4.69, 9.17) is 9.47 Å². The number of ether oxygens (including phenoxy) is 2. The Hall–Kier alpha value is -4.86. The van der Waals surface area contributed by atoms with Crippen molar-refractivity contribution < 1.29 is 9.47 Å². The number of hydrogen-bond donors (Lipinski definition) is 0. The Kier molecular flexibility index (Phi) is 6.30. The molecule has 0 saturated carbocycles. The van der Waals surface area contributed by atoms with Gasteiger partial charge in [-0.1, -0.05) is 109 Å². The molecule has 0 unspecified atom stereocenters. The summed E-state index contributed by atoms with van der Waals surface area (Å²) in [5.74, 6) is 1.73. The van der Waals surface area contributed by atoms with Crippen LogP contribution in [0.1, 0.15) is 0 Å². The fourth-order valence-corrected chi connectivity index (χ4v) is 11.6. The Balaban J connectivity index is 1.51. The zero-order valence-corrected chi connectivity index (χ0v) is 24.2. The number of rotatable bonds is 6. The van der Waals surface area contributed by atoms with E-state index in [1.165, 1.54) is 54.1 Å². The van der Waals surface area contributed by atoms with Gasteiger partial charge in [-0.05, 0) is 90.5 Å². The van der Waals surface area contributed by atoms with Gasteiger partial charge >= 0.3 is 0 Å². The minimum absolute atomic E-state index is 0.865. The third-order valence-corrected chi connectivity index (χ3v) is 13.3. The van der Waals surface area contributed by atoms with E-state index in [2.05, 4.69) is 121 Å². The van der Waals surface area contributed by atoms with E-state index in [1.807, 2.05) is 24.3 Å². The minimum atomic E-state index is -2.54. The molecule has 6 aromatic carbocycles. The lowest BCUT2D eigenvalue weighted by Crippen LogP contribution is -2.72. The van der Waals surface area contributed by atoms with Gasteiger partial charge in [0.1, 0.15) is 11.5 Å². The molecule has 0 amide bonds. The predicted octanol–water partition coefficient (Wildman–Crippen LogP) is 6.40. The molecule has 6 aromatic rings. The highest BCUT2D eigenvalue weighted by molar-refractivity contribution is 7.22. The molecule has 0 aliphatic carbocycles. The van der Waals surface area contributed by atoms with Crippen LogP contribution in [-0.4, -0.2) is 22.3 Å². The fraction of sp³-hybridized carbons (Fsp3) is 0.0526. The fourth-order valence-electron chi connectivity index (χ4n) is 6.42. The predicted molar refractivity (Wildman–Crippen MR) is 173 cm³/mol. The number of fused-ring (bicyclic) bond motifs is 3. The van der Waals surface area contributed by atoms with Gasteiger partial charge in [-0.3, -0.25) is 0 Å². The summed E-state index contributed by atoms with van der Waals surface area (Å²) in [5.41, 5.74) is 7.42. The van der Waals surface area contributed by atoms with Gasteiger partial charge in [-0.15, -0.1) is 0 Å². The Morgan fingerprint density at radius 2 is 0.756 bits per heavy atom. The van der Waals surface area contributed by atoms with Crippen molar-refractivity contribution >= 4 is 28.8 Å². The topological polar surface area (TPSA) is 18.5 Å². The summed E-state index contributed by atoms with van der Waals surface area (Å²) in [7, 11) is 0.872. The van der Waals surface area contributed by atoms with Gasteiger partial charge in [0, 0.05) is 0 Å². The summed E-state index contributed by atoms with van der Waals surface area (Å²) in [4.78, 5) is 0. The standard InChI is InChI=1S/C38H30O2Si/c1-39-31-19-13-27(14-20-31)29-17-23-37-35(25-29)36-26-30(28-15-21-32(40-2)22-16-28)18-24-38(36)41(37,33-9-5-3-6-10-33)34-11-7-4-8-12-34/h3-26H,1-2H3. The first kappa shape index (κ1) is 25.1. The third kappa shape index (κ3) is 4.09. The van der Waals surface area contributed by atoms with E-state index < -0.39 is 8.07 Å². The van der Waals surface area contributed by atoms with Crippen molar-refractivity contribution in [2.45, 2.75) is 0 Å². The third-order valence-electron chi connectivity index (χ3n) is 8.40. The second-order valence-electron chi connectivity index (χ2n) is 10.5. The molecule has 0 bridgehead atoms. The molecule has 1 heterocycles. The Morgan fingerprint density at radius 1 is 0.390 bits per heavy atom. The van der Waals surface area contributed by atoms with Gasteiger partial charge in [0.15, 0.2) is 8.07 Å². The average Bonchev–Trinajstić information content (AvgIpc) is 3.35. The molecular weight excluding hydrogens is 517 g/mol. The largest absolute Gasteiger partial charge is 0.497 e. The molecule has 0 saturated heterocycles. The molecule has 0 radical (unpaired) electrons. The molecule has 0 spiro atoms. The molecule has 1 aliphatic rings. The van der Waals surface area contributed by atoms with Gasteiger partial charge in [-0.2, -0.15) is 0 Å². The highest BCUT2D eigenvalue weighted by Crippen LogP contribution is 2.35. The summed E-state index contributed by atoms with van der Waals surface area (Å²) < 4.78 is 10.8. The molecule has 0 fully saturated rings. The summed E-state index contributed by atoms with van der Waals surface area (Å²) in [6.45, 7) is 0. The zero-order chi connectivity index (χ0) is 27.8. The average molecular weight is 547 g/mol. The number of hydrogen-bond acceptors (Lipinski definition) is 2. The van der Waals surface area contributed by atoms with Crippen LogP contribution >= 0.6 is 0 Å². The number of methoxy groups -OCH3 is 2. The van der Waals surface area contributed by atoms with Gasteiger partial charge in [0.25, 0.3) is 0 Å². The molecule has 198 valence electrons. The first-order chi connectivity index (χ1) is 20.2. The lowest BCUT2D eigenvalue weighted by Gasteiger charge is -2.31. The van der Waals surface area contributed by atoms with Crippen LogP contribution in [-0.2, 0) is 0 Å². The van der Waals surface area contributed by atoms with E-state index in [0.717, 1.165) is 11.5 Å². The minimum Gasteiger partial charge on any atom is -0.497 e. The maximum absolute atomic E-state index is 5.42. The van der Waals surface area contributed by atoms with Crippen LogP contribution in [0.4, 0.5) is 0 Å². The first-order valence-electron chi connectivity index (χ1n) is 13.9. The van der Waals surface area contributed by atoms with Crippen LogP contribution in [0.2, 0.25) is 0 Å². The molecule has 1 aliphatic heterocycles. The van der Waals surface area contributed by atoms with Crippen molar-refractivity contribution in [3.63, 3.8) is 0 Å².